The third-order valence-electron chi connectivity index (χ3n) is 2.92. The minimum Gasteiger partial charge on any atom is -0.305 e. The molecular weight excluding hydrogens is 288 g/mol. The molecule has 0 spiro atoms. The van der Waals surface area contributed by atoms with Gasteiger partial charge in [0, 0.05) is 23.3 Å². The van der Waals surface area contributed by atoms with Gasteiger partial charge in [-0.05, 0) is 47.5 Å². The van der Waals surface area contributed by atoms with Crippen molar-refractivity contribution in [2.75, 3.05) is 0 Å². The monoisotopic (exact) mass is 304 g/mol. The van der Waals surface area contributed by atoms with Crippen molar-refractivity contribution >= 4 is 15.9 Å². The van der Waals surface area contributed by atoms with Gasteiger partial charge in [-0.25, -0.2) is 0 Å². The molecule has 0 saturated heterocycles. The van der Waals surface area contributed by atoms with E-state index in [1.807, 2.05) is 18.3 Å². The summed E-state index contributed by atoms with van der Waals surface area (Å²) in [6.07, 6.45) is 1.83. The highest BCUT2D eigenvalue weighted by Gasteiger charge is 2.05. The second-order valence-corrected chi connectivity index (χ2v) is 5.40. The topological polar surface area (TPSA) is 24.9 Å². The molecule has 1 N–H and O–H groups in total. The third-order valence-corrected chi connectivity index (χ3v) is 3.39. The van der Waals surface area contributed by atoms with E-state index in [1.54, 1.807) is 0 Å². The van der Waals surface area contributed by atoms with E-state index in [2.05, 4.69) is 64.3 Å². The van der Waals surface area contributed by atoms with Gasteiger partial charge in [-0.2, -0.15) is 0 Å². The van der Waals surface area contributed by atoms with Crippen molar-refractivity contribution in [1.29, 1.82) is 0 Å². The number of pyridine rings is 1. The van der Waals surface area contributed by atoms with E-state index < -0.39 is 0 Å². The van der Waals surface area contributed by atoms with Gasteiger partial charge in [0.05, 0.1) is 5.69 Å². The summed E-state index contributed by atoms with van der Waals surface area (Å²) in [5.41, 5.74) is 3.66. The first-order valence-corrected chi connectivity index (χ1v) is 6.85. The standard InChI is InChI=1S/C15H17BrN2/c1-11-4-3-5-13(8-11)12(2)17-10-15-7-6-14(16)9-18-15/h3-9,12,17H,10H2,1-2H3/t12-/m0/s1. The van der Waals surface area contributed by atoms with Crippen molar-refractivity contribution in [2.24, 2.45) is 0 Å². The Bertz CT molecular complexity index is 508. The van der Waals surface area contributed by atoms with E-state index >= 15 is 0 Å². The Labute approximate surface area is 117 Å². The fraction of sp³-hybridized carbons (Fsp3) is 0.267. The van der Waals surface area contributed by atoms with Crippen LogP contribution in [0.4, 0.5) is 0 Å². The van der Waals surface area contributed by atoms with Crippen LogP contribution in [0, 0.1) is 6.92 Å². The summed E-state index contributed by atoms with van der Waals surface area (Å²) in [6.45, 7) is 5.07. The smallest absolute Gasteiger partial charge is 0.0542 e. The molecule has 0 fully saturated rings. The van der Waals surface area contributed by atoms with Crippen LogP contribution in [0.2, 0.25) is 0 Å². The lowest BCUT2D eigenvalue weighted by molar-refractivity contribution is 0.567. The molecule has 0 amide bonds. The molecule has 3 heteroatoms. The predicted molar refractivity (Wildman–Crippen MR) is 78.4 cm³/mol. The summed E-state index contributed by atoms with van der Waals surface area (Å²) >= 11 is 3.39. The van der Waals surface area contributed by atoms with Crippen LogP contribution in [0.25, 0.3) is 0 Å². The molecule has 1 heterocycles. The molecule has 1 atom stereocenters. The highest BCUT2D eigenvalue weighted by molar-refractivity contribution is 9.10. The lowest BCUT2D eigenvalue weighted by atomic mass is 10.1. The van der Waals surface area contributed by atoms with Crippen molar-refractivity contribution in [3.05, 3.63) is 63.9 Å². The molecule has 0 saturated carbocycles. The van der Waals surface area contributed by atoms with Gasteiger partial charge < -0.3 is 5.32 Å². The van der Waals surface area contributed by atoms with Gasteiger partial charge in [0.15, 0.2) is 0 Å². The van der Waals surface area contributed by atoms with Crippen LogP contribution >= 0.6 is 15.9 Å². The highest BCUT2D eigenvalue weighted by Crippen LogP contribution is 2.14. The first kappa shape index (κ1) is 13.2. The van der Waals surface area contributed by atoms with E-state index in [1.165, 1.54) is 11.1 Å². The minimum absolute atomic E-state index is 0.329. The van der Waals surface area contributed by atoms with E-state index in [4.69, 9.17) is 0 Å². The zero-order valence-corrected chi connectivity index (χ0v) is 12.2. The number of nitrogens with one attached hydrogen (secondary N) is 1. The number of rotatable bonds is 4. The maximum atomic E-state index is 4.35. The summed E-state index contributed by atoms with van der Waals surface area (Å²) in [7, 11) is 0. The van der Waals surface area contributed by atoms with Crippen LogP contribution in [-0.4, -0.2) is 4.98 Å². The fourth-order valence-electron chi connectivity index (χ4n) is 1.83. The van der Waals surface area contributed by atoms with Crippen LogP contribution in [0.3, 0.4) is 0 Å². The Hall–Kier alpha value is -1.19. The summed E-state index contributed by atoms with van der Waals surface area (Å²) in [5, 5.41) is 3.48. The van der Waals surface area contributed by atoms with Gasteiger partial charge in [0.2, 0.25) is 0 Å². The summed E-state index contributed by atoms with van der Waals surface area (Å²) in [5.74, 6) is 0. The van der Waals surface area contributed by atoms with Crippen LogP contribution in [-0.2, 0) is 6.54 Å². The molecule has 2 nitrogen and oxygen atoms in total. The zero-order valence-electron chi connectivity index (χ0n) is 10.7. The SMILES string of the molecule is Cc1cccc([C@H](C)NCc2ccc(Br)cn2)c1. The normalized spacial score (nSPS) is 12.4. The quantitative estimate of drug-likeness (QED) is 0.923. The van der Waals surface area contributed by atoms with Crippen molar-refractivity contribution in [3.63, 3.8) is 0 Å². The van der Waals surface area contributed by atoms with Crippen LogP contribution in [0.15, 0.2) is 47.1 Å². The summed E-state index contributed by atoms with van der Waals surface area (Å²) in [4.78, 5) is 4.35. The number of hydrogen-bond donors (Lipinski definition) is 1. The highest BCUT2D eigenvalue weighted by atomic mass is 79.9. The third kappa shape index (κ3) is 3.65. The maximum Gasteiger partial charge on any atom is 0.0542 e. The fourth-order valence-corrected chi connectivity index (χ4v) is 2.06. The number of aryl methyl sites for hydroxylation is 1. The molecule has 2 rings (SSSR count). The Morgan fingerprint density at radius 2 is 2.11 bits per heavy atom. The van der Waals surface area contributed by atoms with E-state index in [0.29, 0.717) is 6.04 Å². The molecule has 0 aliphatic rings. The van der Waals surface area contributed by atoms with Gasteiger partial charge in [-0.1, -0.05) is 29.8 Å². The molecule has 0 aliphatic heterocycles. The van der Waals surface area contributed by atoms with Gasteiger partial charge in [-0.3, -0.25) is 4.98 Å². The number of nitrogens with zero attached hydrogens (tertiary/aromatic N) is 1. The van der Waals surface area contributed by atoms with E-state index in [9.17, 15) is 0 Å². The maximum absolute atomic E-state index is 4.35. The molecule has 18 heavy (non-hydrogen) atoms. The van der Waals surface area contributed by atoms with Gasteiger partial charge in [-0.15, -0.1) is 0 Å². The molecule has 0 unspecified atom stereocenters. The average Bonchev–Trinajstić information content (AvgIpc) is 2.38. The number of aromatic nitrogens is 1. The first-order valence-electron chi connectivity index (χ1n) is 6.05. The largest absolute Gasteiger partial charge is 0.305 e. The Balaban J connectivity index is 1.96. The molecule has 0 bridgehead atoms. The first-order chi connectivity index (χ1) is 8.65. The van der Waals surface area contributed by atoms with Crippen molar-refractivity contribution in [3.8, 4) is 0 Å². The molecule has 94 valence electrons. The Morgan fingerprint density at radius 1 is 1.28 bits per heavy atom. The molecular formula is C15H17BrN2. The molecule has 1 aromatic heterocycles. The Morgan fingerprint density at radius 3 is 2.78 bits per heavy atom. The van der Waals surface area contributed by atoms with E-state index in [-0.39, 0.29) is 0 Å². The minimum atomic E-state index is 0.329. The predicted octanol–water partition coefficient (Wildman–Crippen LogP) is 4.00. The zero-order chi connectivity index (χ0) is 13.0. The number of hydrogen-bond acceptors (Lipinski definition) is 2. The Kier molecular flexibility index (Phi) is 4.50. The second-order valence-electron chi connectivity index (χ2n) is 4.48. The molecule has 0 radical (unpaired) electrons. The van der Waals surface area contributed by atoms with Crippen LogP contribution < -0.4 is 5.32 Å². The van der Waals surface area contributed by atoms with Crippen LogP contribution in [0.5, 0.6) is 0 Å². The van der Waals surface area contributed by atoms with Gasteiger partial charge in [0.1, 0.15) is 0 Å². The molecule has 1 aromatic carbocycles. The van der Waals surface area contributed by atoms with Crippen molar-refractivity contribution in [2.45, 2.75) is 26.4 Å². The lowest BCUT2D eigenvalue weighted by Gasteiger charge is -2.14. The summed E-state index contributed by atoms with van der Waals surface area (Å²) < 4.78 is 1.01. The second kappa shape index (κ2) is 6.12. The van der Waals surface area contributed by atoms with Crippen molar-refractivity contribution in [1.82, 2.24) is 10.3 Å². The average molecular weight is 305 g/mol. The summed E-state index contributed by atoms with van der Waals surface area (Å²) in [6, 6.07) is 13.0. The van der Waals surface area contributed by atoms with E-state index in [0.717, 1.165) is 16.7 Å². The molecule has 0 aliphatic carbocycles. The van der Waals surface area contributed by atoms with Crippen LogP contribution in [0.1, 0.15) is 29.8 Å². The van der Waals surface area contributed by atoms with Gasteiger partial charge >= 0.3 is 0 Å². The van der Waals surface area contributed by atoms with Crippen molar-refractivity contribution < 1.29 is 0 Å². The number of halogens is 1. The molecule has 2 aromatic rings. The lowest BCUT2D eigenvalue weighted by Crippen LogP contribution is -2.18. The van der Waals surface area contributed by atoms with Gasteiger partial charge in [0.25, 0.3) is 0 Å². The number of benzene rings is 1.